The second kappa shape index (κ2) is 9.81. The van der Waals surface area contributed by atoms with Crippen LogP contribution in [0.15, 0.2) is 48.7 Å². The van der Waals surface area contributed by atoms with Crippen molar-refractivity contribution in [3.05, 3.63) is 60.3 Å². The monoisotopic (exact) mass is 455 g/mol. The molecule has 4 rings (SSSR count). The molecule has 0 saturated carbocycles. The fourth-order valence-corrected chi connectivity index (χ4v) is 3.91. The van der Waals surface area contributed by atoms with Crippen LogP contribution in [0.4, 0.5) is 14.5 Å². The maximum Gasteiger partial charge on any atom is 0.303 e. The largest absolute Gasteiger partial charge is 0.497 e. The number of piperidine rings is 1. The molecule has 0 bridgehead atoms. The summed E-state index contributed by atoms with van der Waals surface area (Å²) in [6, 6.07) is 10.9. The van der Waals surface area contributed by atoms with Crippen molar-refractivity contribution < 1.29 is 28.2 Å². The van der Waals surface area contributed by atoms with Gasteiger partial charge in [0.2, 0.25) is 5.88 Å². The van der Waals surface area contributed by atoms with Gasteiger partial charge in [0.15, 0.2) is 5.82 Å². The smallest absolute Gasteiger partial charge is 0.303 e. The van der Waals surface area contributed by atoms with Gasteiger partial charge in [0.1, 0.15) is 28.8 Å². The summed E-state index contributed by atoms with van der Waals surface area (Å²) in [4.78, 5) is 20.9. The van der Waals surface area contributed by atoms with E-state index in [-0.39, 0.29) is 35.3 Å². The molecule has 0 radical (unpaired) electrons. The van der Waals surface area contributed by atoms with Crippen LogP contribution in [0, 0.1) is 17.6 Å². The van der Waals surface area contributed by atoms with Crippen LogP contribution in [0.5, 0.6) is 17.4 Å². The van der Waals surface area contributed by atoms with Crippen molar-refractivity contribution in [2.24, 2.45) is 5.92 Å². The lowest BCUT2D eigenvalue weighted by Gasteiger charge is -2.33. The normalized spacial score (nSPS) is 14.2. The third kappa shape index (κ3) is 5.36. The SMILES string of the molecule is COc1ccc(Oc2ccnc(-c3cc(F)c(N4CCC(CC(=O)O)CC4)c(F)c3)n2)cc1. The molecular formula is C24H23F2N3O4. The summed E-state index contributed by atoms with van der Waals surface area (Å²) >= 11 is 0. The molecule has 1 N–H and O–H groups in total. The topological polar surface area (TPSA) is 84.8 Å². The van der Waals surface area contributed by atoms with Crippen LogP contribution in [0.3, 0.4) is 0 Å². The minimum Gasteiger partial charge on any atom is -0.497 e. The van der Waals surface area contributed by atoms with E-state index in [1.807, 2.05) is 0 Å². The molecule has 9 heteroatoms. The van der Waals surface area contributed by atoms with Crippen LogP contribution in [0.25, 0.3) is 11.4 Å². The number of hydrogen-bond acceptors (Lipinski definition) is 6. The Morgan fingerprint density at radius 2 is 1.73 bits per heavy atom. The summed E-state index contributed by atoms with van der Waals surface area (Å²) in [6.45, 7) is 0.791. The highest BCUT2D eigenvalue weighted by Crippen LogP contribution is 2.33. The van der Waals surface area contributed by atoms with Crippen LogP contribution in [-0.4, -0.2) is 41.2 Å². The first-order valence-electron chi connectivity index (χ1n) is 10.5. The molecule has 1 aliphatic rings. The number of methoxy groups -OCH3 is 1. The van der Waals surface area contributed by atoms with Crippen molar-refractivity contribution in [3.63, 3.8) is 0 Å². The van der Waals surface area contributed by atoms with Crippen molar-refractivity contribution in [2.45, 2.75) is 19.3 Å². The van der Waals surface area contributed by atoms with Crippen LogP contribution in [0.2, 0.25) is 0 Å². The maximum atomic E-state index is 14.9. The Labute approximate surface area is 189 Å². The number of carboxylic acid groups (broad SMARTS) is 1. The lowest BCUT2D eigenvalue weighted by atomic mass is 9.93. The van der Waals surface area contributed by atoms with Gasteiger partial charge in [-0.2, -0.15) is 4.98 Å². The molecule has 0 unspecified atom stereocenters. The first-order chi connectivity index (χ1) is 15.9. The Kier molecular flexibility index (Phi) is 6.67. The quantitative estimate of drug-likeness (QED) is 0.542. The van der Waals surface area contributed by atoms with Gasteiger partial charge in [-0.3, -0.25) is 4.79 Å². The highest BCUT2D eigenvalue weighted by atomic mass is 19.1. The van der Waals surface area contributed by atoms with Gasteiger partial charge in [-0.1, -0.05) is 0 Å². The van der Waals surface area contributed by atoms with Crippen LogP contribution >= 0.6 is 0 Å². The van der Waals surface area contributed by atoms with Gasteiger partial charge in [0.25, 0.3) is 0 Å². The van der Waals surface area contributed by atoms with Gasteiger partial charge in [0, 0.05) is 37.3 Å². The first kappa shape index (κ1) is 22.4. The number of aliphatic carboxylic acids is 1. The molecule has 2 heterocycles. The molecule has 33 heavy (non-hydrogen) atoms. The molecule has 3 aromatic rings. The third-order valence-corrected chi connectivity index (χ3v) is 5.58. The summed E-state index contributed by atoms with van der Waals surface area (Å²) in [5, 5.41) is 8.94. The van der Waals surface area contributed by atoms with Crippen LogP contribution in [0.1, 0.15) is 19.3 Å². The Morgan fingerprint density at radius 1 is 1.09 bits per heavy atom. The summed E-state index contributed by atoms with van der Waals surface area (Å²) in [5.74, 6) is -0.693. The molecule has 0 atom stereocenters. The molecule has 1 saturated heterocycles. The highest BCUT2D eigenvalue weighted by molar-refractivity contribution is 5.67. The molecule has 1 aliphatic heterocycles. The number of benzene rings is 2. The third-order valence-electron chi connectivity index (χ3n) is 5.58. The van der Waals surface area contributed by atoms with Gasteiger partial charge < -0.3 is 19.5 Å². The van der Waals surface area contributed by atoms with E-state index in [4.69, 9.17) is 14.6 Å². The number of rotatable bonds is 7. The van der Waals surface area contributed by atoms with E-state index in [0.29, 0.717) is 37.4 Å². The fraction of sp³-hybridized carbons (Fsp3) is 0.292. The number of halogens is 2. The van der Waals surface area contributed by atoms with Crippen molar-refractivity contribution >= 4 is 11.7 Å². The van der Waals surface area contributed by atoms with Gasteiger partial charge in [-0.05, 0) is 55.2 Å². The minimum absolute atomic E-state index is 0.0194. The molecule has 2 aromatic carbocycles. The molecule has 0 spiro atoms. The average Bonchev–Trinajstić information content (AvgIpc) is 2.80. The first-order valence-corrected chi connectivity index (χ1v) is 10.5. The standard InChI is InChI=1S/C24H23F2N3O4/c1-32-17-2-4-18(5-3-17)33-21-6-9-27-24(28-21)16-13-19(25)23(20(26)14-16)29-10-7-15(8-11-29)12-22(30)31/h2-6,9,13-15H,7-8,10-12H2,1H3,(H,30,31). The Bertz CT molecular complexity index is 1110. The van der Waals surface area contributed by atoms with Crippen LogP contribution in [-0.2, 0) is 4.79 Å². The van der Waals surface area contributed by atoms with E-state index in [0.717, 1.165) is 0 Å². The summed E-state index contributed by atoms with van der Waals surface area (Å²) in [5.41, 5.74) is 0.0767. The van der Waals surface area contributed by atoms with Crippen molar-refractivity contribution in [1.82, 2.24) is 9.97 Å². The zero-order valence-corrected chi connectivity index (χ0v) is 18.0. The predicted octanol–water partition coefficient (Wildman–Crippen LogP) is 4.91. The van der Waals surface area contributed by atoms with E-state index in [2.05, 4.69) is 9.97 Å². The Morgan fingerprint density at radius 3 is 2.33 bits per heavy atom. The van der Waals surface area contributed by atoms with E-state index < -0.39 is 17.6 Å². The van der Waals surface area contributed by atoms with Crippen LogP contribution < -0.4 is 14.4 Å². The highest BCUT2D eigenvalue weighted by Gasteiger charge is 2.26. The molecule has 172 valence electrons. The van der Waals surface area contributed by atoms with Gasteiger partial charge >= 0.3 is 5.97 Å². The van der Waals surface area contributed by atoms with Gasteiger partial charge in [0.05, 0.1) is 7.11 Å². The zero-order valence-electron chi connectivity index (χ0n) is 18.0. The summed E-state index contributed by atoms with van der Waals surface area (Å²) in [7, 11) is 1.57. The maximum absolute atomic E-state index is 14.9. The van der Waals surface area contributed by atoms with Crippen molar-refractivity contribution in [3.8, 4) is 28.8 Å². The molecule has 1 fully saturated rings. The Balaban J connectivity index is 1.51. The average molecular weight is 455 g/mol. The second-order valence-corrected chi connectivity index (χ2v) is 7.81. The summed E-state index contributed by atoms with van der Waals surface area (Å²) < 4.78 is 40.7. The van der Waals surface area contributed by atoms with E-state index in [9.17, 15) is 13.6 Å². The fourth-order valence-electron chi connectivity index (χ4n) is 3.91. The van der Waals surface area contributed by atoms with Gasteiger partial charge in [-0.25, -0.2) is 13.8 Å². The number of ether oxygens (including phenoxy) is 2. The summed E-state index contributed by atoms with van der Waals surface area (Å²) in [6.07, 6.45) is 2.67. The molecule has 7 nitrogen and oxygen atoms in total. The number of hydrogen-bond donors (Lipinski definition) is 1. The number of anilines is 1. The number of aromatic nitrogens is 2. The number of nitrogens with zero attached hydrogens (tertiary/aromatic N) is 3. The Hall–Kier alpha value is -3.75. The lowest BCUT2D eigenvalue weighted by molar-refractivity contribution is -0.138. The van der Waals surface area contributed by atoms with Crippen molar-refractivity contribution in [2.75, 3.05) is 25.1 Å². The van der Waals surface area contributed by atoms with Gasteiger partial charge in [-0.15, -0.1) is 0 Å². The van der Waals surface area contributed by atoms with E-state index >= 15 is 0 Å². The second-order valence-electron chi connectivity index (χ2n) is 7.81. The van der Waals surface area contributed by atoms with Crippen molar-refractivity contribution in [1.29, 1.82) is 0 Å². The molecular weight excluding hydrogens is 432 g/mol. The lowest BCUT2D eigenvalue weighted by Crippen LogP contribution is -2.35. The van der Waals surface area contributed by atoms with E-state index in [1.165, 1.54) is 18.3 Å². The molecule has 0 aliphatic carbocycles. The molecule has 1 aromatic heterocycles. The predicted molar refractivity (Wildman–Crippen MR) is 118 cm³/mol. The zero-order chi connectivity index (χ0) is 23.4. The molecule has 0 amide bonds. The number of carbonyl (C=O) groups is 1. The minimum atomic E-state index is -0.853. The van der Waals surface area contributed by atoms with E-state index in [1.54, 1.807) is 42.3 Å². The number of carboxylic acids is 1.